The van der Waals surface area contributed by atoms with Gasteiger partial charge in [0.25, 0.3) is 0 Å². The first-order valence-corrected chi connectivity index (χ1v) is 6.64. The molecule has 0 radical (unpaired) electrons. The van der Waals surface area contributed by atoms with Crippen LogP contribution < -0.4 is 0 Å². The van der Waals surface area contributed by atoms with E-state index in [4.69, 9.17) is 0 Å². The highest BCUT2D eigenvalue weighted by molar-refractivity contribution is 5.76. The molecule has 4 heteroatoms. The first kappa shape index (κ1) is 14.0. The van der Waals surface area contributed by atoms with E-state index in [9.17, 15) is 14.7 Å². The number of hydrogen-bond acceptors (Lipinski definition) is 2. The Balaban J connectivity index is 2.74. The molecule has 1 rings (SSSR count). The summed E-state index contributed by atoms with van der Waals surface area (Å²) in [5.74, 6) is -0.718. The van der Waals surface area contributed by atoms with E-state index in [1.165, 1.54) is 17.7 Å². The second-order valence-electron chi connectivity index (χ2n) is 4.88. The van der Waals surface area contributed by atoms with Gasteiger partial charge in [0.2, 0.25) is 6.41 Å². The number of nitrogens with zero attached hydrogens (tertiary/aromatic N) is 1. The number of hydrogen-bond donors (Lipinski definition) is 1. The van der Waals surface area contributed by atoms with Crippen LogP contribution in [0.25, 0.3) is 0 Å². The Kier molecular flexibility index (Phi) is 6.01. The van der Waals surface area contributed by atoms with Crippen LogP contribution in [0, 0.1) is 5.92 Å². The van der Waals surface area contributed by atoms with Crippen molar-refractivity contribution in [2.45, 2.75) is 57.9 Å². The molecule has 1 amide bonds. The Labute approximate surface area is 103 Å². The summed E-state index contributed by atoms with van der Waals surface area (Å²) in [5.41, 5.74) is 0. The summed E-state index contributed by atoms with van der Waals surface area (Å²) in [7, 11) is 0. The van der Waals surface area contributed by atoms with Crippen LogP contribution in [0.5, 0.6) is 0 Å². The third-order valence-electron chi connectivity index (χ3n) is 3.57. The molecule has 0 aromatic carbocycles. The molecule has 1 aliphatic rings. The zero-order valence-electron chi connectivity index (χ0n) is 10.6. The van der Waals surface area contributed by atoms with Gasteiger partial charge in [-0.25, -0.2) is 4.79 Å². The molecule has 98 valence electrons. The minimum Gasteiger partial charge on any atom is -0.480 e. The van der Waals surface area contributed by atoms with Crippen LogP contribution in [0.15, 0.2) is 0 Å². The van der Waals surface area contributed by atoms with E-state index in [-0.39, 0.29) is 5.92 Å². The Morgan fingerprint density at radius 3 is 2.35 bits per heavy atom. The van der Waals surface area contributed by atoms with E-state index in [2.05, 4.69) is 0 Å². The summed E-state index contributed by atoms with van der Waals surface area (Å²) in [6.45, 7) is 2.50. The summed E-state index contributed by atoms with van der Waals surface area (Å²) >= 11 is 0. The number of aliphatic carboxylic acids is 1. The van der Waals surface area contributed by atoms with Crippen LogP contribution in [0.4, 0.5) is 0 Å². The molecule has 0 aromatic rings. The molecular formula is C13H23NO3. The van der Waals surface area contributed by atoms with Gasteiger partial charge in [0, 0.05) is 6.54 Å². The number of carbonyl (C=O) groups excluding carboxylic acids is 1. The third kappa shape index (κ3) is 4.02. The molecule has 1 atom stereocenters. The Morgan fingerprint density at radius 1 is 1.35 bits per heavy atom. The van der Waals surface area contributed by atoms with Gasteiger partial charge in [0.15, 0.2) is 0 Å². The van der Waals surface area contributed by atoms with Crippen LogP contribution in [0.2, 0.25) is 0 Å². The first-order chi connectivity index (χ1) is 8.20. The molecule has 1 saturated carbocycles. The van der Waals surface area contributed by atoms with Crippen molar-refractivity contribution in [3.63, 3.8) is 0 Å². The molecule has 0 heterocycles. The molecular weight excluding hydrogens is 218 g/mol. The summed E-state index contributed by atoms with van der Waals surface area (Å²) in [6, 6.07) is -0.620. The third-order valence-corrected chi connectivity index (χ3v) is 3.57. The van der Waals surface area contributed by atoms with Crippen LogP contribution in [0.1, 0.15) is 51.9 Å². The minimum absolute atomic E-state index is 0.131. The normalized spacial score (nSPS) is 19.4. The molecule has 1 unspecified atom stereocenters. The van der Waals surface area contributed by atoms with Gasteiger partial charge in [-0.15, -0.1) is 0 Å². The molecule has 1 N–H and O–H groups in total. The molecule has 0 saturated heterocycles. The molecule has 1 aliphatic carbocycles. The van der Waals surface area contributed by atoms with Gasteiger partial charge in [0.1, 0.15) is 6.04 Å². The monoisotopic (exact) mass is 241 g/mol. The lowest BCUT2D eigenvalue weighted by Crippen LogP contribution is -2.45. The predicted molar refractivity (Wildman–Crippen MR) is 65.7 cm³/mol. The highest BCUT2D eigenvalue weighted by Gasteiger charge is 2.32. The van der Waals surface area contributed by atoms with Gasteiger partial charge in [-0.05, 0) is 25.2 Å². The second kappa shape index (κ2) is 7.30. The fraction of sp³-hybridized carbons (Fsp3) is 0.846. The smallest absolute Gasteiger partial charge is 0.326 e. The zero-order chi connectivity index (χ0) is 12.7. The lowest BCUT2D eigenvalue weighted by atomic mass is 9.91. The Bertz CT molecular complexity index is 247. The van der Waals surface area contributed by atoms with Crippen molar-refractivity contribution in [2.24, 2.45) is 5.92 Å². The number of amides is 1. The fourth-order valence-electron chi connectivity index (χ4n) is 2.76. The number of carboxylic acids is 1. The van der Waals surface area contributed by atoms with Gasteiger partial charge >= 0.3 is 5.97 Å². The minimum atomic E-state index is -0.850. The van der Waals surface area contributed by atoms with Crippen LogP contribution in [0.3, 0.4) is 0 Å². The number of rotatable bonds is 6. The van der Waals surface area contributed by atoms with Gasteiger partial charge in [-0.1, -0.05) is 32.6 Å². The molecule has 0 aromatic heterocycles. The maximum absolute atomic E-state index is 11.4. The standard InChI is InChI=1S/C13H23NO3/c1-2-9-14(10-15)12(13(16)17)11-7-5-3-4-6-8-11/h10-12H,2-9H2,1H3,(H,16,17). The van der Waals surface area contributed by atoms with Crippen molar-refractivity contribution in [2.75, 3.05) is 6.54 Å². The van der Waals surface area contributed by atoms with Gasteiger partial charge < -0.3 is 10.0 Å². The number of carboxylic acid groups (broad SMARTS) is 1. The lowest BCUT2D eigenvalue weighted by molar-refractivity contribution is -0.149. The van der Waals surface area contributed by atoms with Crippen molar-refractivity contribution in [3.8, 4) is 0 Å². The summed E-state index contributed by atoms with van der Waals surface area (Å²) in [5, 5.41) is 9.34. The fourth-order valence-corrected chi connectivity index (χ4v) is 2.76. The highest BCUT2D eigenvalue weighted by Crippen LogP contribution is 2.28. The summed E-state index contributed by atoms with van der Waals surface area (Å²) < 4.78 is 0. The zero-order valence-corrected chi connectivity index (χ0v) is 10.6. The molecule has 4 nitrogen and oxygen atoms in total. The van der Waals surface area contributed by atoms with Crippen molar-refractivity contribution < 1.29 is 14.7 Å². The SMILES string of the molecule is CCCN(C=O)C(C(=O)O)C1CCCCCC1. The van der Waals surface area contributed by atoms with Crippen LogP contribution in [-0.2, 0) is 9.59 Å². The second-order valence-corrected chi connectivity index (χ2v) is 4.88. The summed E-state index contributed by atoms with van der Waals surface area (Å²) in [6.07, 6.45) is 7.94. The van der Waals surface area contributed by atoms with E-state index < -0.39 is 12.0 Å². The average molecular weight is 241 g/mol. The maximum atomic E-state index is 11.4. The summed E-state index contributed by atoms with van der Waals surface area (Å²) in [4.78, 5) is 23.9. The van der Waals surface area contributed by atoms with E-state index in [0.717, 1.165) is 32.1 Å². The van der Waals surface area contributed by atoms with Gasteiger partial charge in [0.05, 0.1) is 0 Å². The molecule has 0 spiro atoms. The molecule has 1 fully saturated rings. The average Bonchev–Trinajstić information content (AvgIpc) is 2.57. The topological polar surface area (TPSA) is 57.6 Å². The van der Waals surface area contributed by atoms with E-state index in [1.54, 1.807) is 0 Å². The Morgan fingerprint density at radius 2 is 1.94 bits per heavy atom. The van der Waals surface area contributed by atoms with Crippen molar-refractivity contribution in [1.29, 1.82) is 0 Å². The van der Waals surface area contributed by atoms with E-state index in [0.29, 0.717) is 13.0 Å². The van der Waals surface area contributed by atoms with Crippen molar-refractivity contribution in [1.82, 2.24) is 4.90 Å². The highest BCUT2D eigenvalue weighted by atomic mass is 16.4. The van der Waals surface area contributed by atoms with E-state index >= 15 is 0 Å². The predicted octanol–water partition coefficient (Wildman–Crippen LogP) is 2.28. The van der Waals surface area contributed by atoms with Crippen LogP contribution in [-0.4, -0.2) is 35.0 Å². The molecule has 0 bridgehead atoms. The molecule has 0 aliphatic heterocycles. The van der Waals surface area contributed by atoms with Gasteiger partial charge in [-0.2, -0.15) is 0 Å². The lowest BCUT2D eigenvalue weighted by Gasteiger charge is -2.31. The molecule has 17 heavy (non-hydrogen) atoms. The number of carbonyl (C=O) groups is 2. The first-order valence-electron chi connectivity index (χ1n) is 6.64. The van der Waals surface area contributed by atoms with Gasteiger partial charge in [-0.3, -0.25) is 4.79 Å². The Hall–Kier alpha value is -1.06. The quantitative estimate of drug-likeness (QED) is 0.573. The maximum Gasteiger partial charge on any atom is 0.326 e. The van der Waals surface area contributed by atoms with Crippen molar-refractivity contribution in [3.05, 3.63) is 0 Å². The van der Waals surface area contributed by atoms with Crippen molar-refractivity contribution >= 4 is 12.4 Å². The largest absolute Gasteiger partial charge is 0.480 e. The van der Waals surface area contributed by atoms with Crippen LogP contribution >= 0.6 is 0 Å². The van der Waals surface area contributed by atoms with E-state index in [1.807, 2.05) is 6.92 Å².